The summed E-state index contributed by atoms with van der Waals surface area (Å²) in [4.78, 5) is 0. The van der Waals surface area contributed by atoms with Crippen molar-refractivity contribution in [3.63, 3.8) is 0 Å². The van der Waals surface area contributed by atoms with Crippen molar-refractivity contribution in [2.45, 2.75) is 33.2 Å². The van der Waals surface area contributed by atoms with E-state index in [0.717, 1.165) is 10.9 Å². The molecule has 0 saturated heterocycles. The molecule has 0 spiro atoms. The van der Waals surface area contributed by atoms with Crippen LogP contribution < -0.4 is 5.73 Å². The van der Waals surface area contributed by atoms with Crippen molar-refractivity contribution in [3.05, 3.63) is 68.7 Å². The second kappa shape index (κ2) is 5.89. The van der Waals surface area contributed by atoms with E-state index in [4.69, 9.17) is 5.73 Å². The number of benzene rings is 2. The number of rotatable bonds is 3. The third-order valence-electron chi connectivity index (χ3n) is 3.71. The molecule has 0 radical (unpaired) electrons. The lowest BCUT2D eigenvalue weighted by molar-refractivity contribution is 0.710. The molecule has 0 fully saturated rings. The first-order valence-electron chi connectivity index (χ1n) is 6.55. The number of hydrogen-bond donors (Lipinski definition) is 1. The topological polar surface area (TPSA) is 26.0 Å². The molecular weight excluding hydrogens is 298 g/mol. The summed E-state index contributed by atoms with van der Waals surface area (Å²) >= 11 is 3.52. The van der Waals surface area contributed by atoms with Crippen LogP contribution >= 0.6 is 15.9 Å². The summed E-state index contributed by atoms with van der Waals surface area (Å²) in [5, 5.41) is 0. The van der Waals surface area contributed by atoms with Crippen LogP contribution in [0.1, 0.15) is 33.9 Å². The molecule has 2 aromatic carbocycles. The van der Waals surface area contributed by atoms with Crippen molar-refractivity contribution in [1.29, 1.82) is 0 Å². The predicted molar refractivity (Wildman–Crippen MR) is 85.4 cm³/mol. The van der Waals surface area contributed by atoms with Gasteiger partial charge in [-0.05, 0) is 67.1 Å². The highest BCUT2D eigenvalue weighted by Crippen LogP contribution is 2.25. The van der Waals surface area contributed by atoms with Gasteiger partial charge in [0.1, 0.15) is 0 Å². The molecule has 100 valence electrons. The minimum absolute atomic E-state index is 0.0392. The normalized spacial score (nSPS) is 12.5. The Balaban J connectivity index is 2.31. The van der Waals surface area contributed by atoms with Gasteiger partial charge in [-0.15, -0.1) is 0 Å². The first kappa shape index (κ1) is 14.3. The first-order chi connectivity index (χ1) is 8.99. The molecule has 0 bridgehead atoms. The third kappa shape index (κ3) is 3.26. The minimum Gasteiger partial charge on any atom is -0.324 e. The van der Waals surface area contributed by atoms with Gasteiger partial charge in [-0.25, -0.2) is 0 Å². The highest BCUT2D eigenvalue weighted by Gasteiger charge is 2.13. The summed E-state index contributed by atoms with van der Waals surface area (Å²) < 4.78 is 1.09. The van der Waals surface area contributed by atoms with Crippen molar-refractivity contribution in [3.8, 4) is 0 Å². The fourth-order valence-corrected chi connectivity index (χ4v) is 2.89. The van der Waals surface area contributed by atoms with Crippen LogP contribution in [-0.2, 0) is 6.42 Å². The van der Waals surface area contributed by atoms with E-state index in [-0.39, 0.29) is 6.04 Å². The van der Waals surface area contributed by atoms with E-state index in [1.807, 2.05) is 0 Å². The van der Waals surface area contributed by atoms with Crippen molar-refractivity contribution >= 4 is 15.9 Å². The summed E-state index contributed by atoms with van der Waals surface area (Å²) in [6, 6.07) is 12.8. The minimum atomic E-state index is 0.0392. The van der Waals surface area contributed by atoms with Crippen LogP contribution in [0, 0.1) is 20.8 Å². The monoisotopic (exact) mass is 317 g/mol. The summed E-state index contributed by atoms with van der Waals surface area (Å²) in [6.45, 7) is 6.43. The Labute approximate surface area is 124 Å². The molecule has 1 nitrogen and oxygen atoms in total. The molecule has 2 N–H and O–H groups in total. The van der Waals surface area contributed by atoms with E-state index in [1.54, 1.807) is 0 Å². The zero-order chi connectivity index (χ0) is 14.0. The maximum absolute atomic E-state index is 6.41. The Morgan fingerprint density at radius 1 is 1.00 bits per heavy atom. The van der Waals surface area contributed by atoms with Gasteiger partial charge in [0.05, 0.1) is 0 Å². The van der Waals surface area contributed by atoms with Crippen LogP contribution in [0.5, 0.6) is 0 Å². The van der Waals surface area contributed by atoms with Crippen LogP contribution in [0.4, 0.5) is 0 Å². The molecule has 0 aliphatic carbocycles. The highest BCUT2D eigenvalue weighted by atomic mass is 79.9. The maximum Gasteiger partial charge on any atom is 0.0338 e. The lowest BCUT2D eigenvalue weighted by Crippen LogP contribution is -2.16. The quantitative estimate of drug-likeness (QED) is 0.878. The Kier molecular flexibility index (Phi) is 4.43. The number of nitrogens with two attached hydrogens (primary N) is 1. The summed E-state index contributed by atoms with van der Waals surface area (Å²) in [5.74, 6) is 0. The summed E-state index contributed by atoms with van der Waals surface area (Å²) in [6.07, 6.45) is 0.885. The van der Waals surface area contributed by atoms with Crippen LogP contribution in [0.3, 0.4) is 0 Å². The Morgan fingerprint density at radius 2 is 1.63 bits per heavy atom. The van der Waals surface area contributed by atoms with Gasteiger partial charge in [-0.2, -0.15) is 0 Å². The molecule has 1 atom stereocenters. The smallest absolute Gasteiger partial charge is 0.0338 e. The van der Waals surface area contributed by atoms with Crippen LogP contribution in [-0.4, -0.2) is 0 Å². The van der Waals surface area contributed by atoms with Crippen LogP contribution in [0.25, 0.3) is 0 Å². The second-order valence-corrected chi connectivity index (χ2v) is 6.10. The van der Waals surface area contributed by atoms with Crippen molar-refractivity contribution in [1.82, 2.24) is 0 Å². The van der Waals surface area contributed by atoms with E-state index in [9.17, 15) is 0 Å². The first-order valence-corrected chi connectivity index (χ1v) is 7.35. The average molecular weight is 318 g/mol. The molecular formula is C17H20BrN. The SMILES string of the molecule is Cc1ccc(Br)cc1C(N)Cc1c(C)cccc1C. The number of hydrogen-bond acceptors (Lipinski definition) is 1. The van der Waals surface area contributed by atoms with Crippen LogP contribution in [0.2, 0.25) is 0 Å². The molecule has 0 aromatic heterocycles. The van der Waals surface area contributed by atoms with Gasteiger partial charge in [0, 0.05) is 10.5 Å². The molecule has 2 heteroatoms. The average Bonchev–Trinajstić information content (AvgIpc) is 2.37. The predicted octanol–water partition coefficient (Wildman–Crippen LogP) is 4.62. The van der Waals surface area contributed by atoms with Crippen LogP contribution in [0.15, 0.2) is 40.9 Å². The van der Waals surface area contributed by atoms with Gasteiger partial charge < -0.3 is 5.73 Å². The van der Waals surface area contributed by atoms with Crippen molar-refractivity contribution < 1.29 is 0 Å². The van der Waals surface area contributed by atoms with Gasteiger partial charge >= 0.3 is 0 Å². The Morgan fingerprint density at radius 3 is 2.26 bits per heavy atom. The van der Waals surface area contributed by atoms with Gasteiger partial charge in [0.25, 0.3) is 0 Å². The van der Waals surface area contributed by atoms with E-state index < -0.39 is 0 Å². The van der Waals surface area contributed by atoms with E-state index in [1.165, 1.54) is 27.8 Å². The van der Waals surface area contributed by atoms with Crippen molar-refractivity contribution in [2.24, 2.45) is 5.73 Å². The maximum atomic E-state index is 6.41. The largest absolute Gasteiger partial charge is 0.324 e. The molecule has 0 aliphatic heterocycles. The standard InChI is InChI=1S/C17H20BrN/c1-11-5-4-6-12(2)15(11)10-17(19)16-9-14(18)8-7-13(16)3/h4-9,17H,10,19H2,1-3H3. The Bertz CT molecular complexity index is 570. The van der Waals surface area contributed by atoms with Gasteiger partial charge in [-0.3, -0.25) is 0 Å². The fourth-order valence-electron chi connectivity index (χ4n) is 2.51. The summed E-state index contributed by atoms with van der Waals surface area (Å²) in [5.41, 5.74) is 12.9. The molecule has 0 saturated carbocycles. The van der Waals surface area contributed by atoms with E-state index in [2.05, 4.69) is 73.1 Å². The molecule has 2 aromatic rings. The van der Waals surface area contributed by atoms with Crippen molar-refractivity contribution in [2.75, 3.05) is 0 Å². The van der Waals surface area contributed by atoms with Gasteiger partial charge in [0.15, 0.2) is 0 Å². The molecule has 0 aliphatic rings. The fraction of sp³-hybridized carbons (Fsp3) is 0.294. The highest BCUT2D eigenvalue weighted by molar-refractivity contribution is 9.10. The zero-order valence-corrected chi connectivity index (χ0v) is 13.3. The number of halogens is 1. The lowest BCUT2D eigenvalue weighted by atomic mass is 9.92. The Hall–Kier alpha value is -1.12. The molecule has 1 unspecified atom stereocenters. The van der Waals surface area contributed by atoms with Gasteiger partial charge in [0.2, 0.25) is 0 Å². The molecule has 2 rings (SSSR count). The molecule has 0 amide bonds. The lowest BCUT2D eigenvalue weighted by Gasteiger charge is -2.18. The number of aryl methyl sites for hydroxylation is 3. The van der Waals surface area contributed by atoms with E-state index >= 15 is 0 Å². The van der Waals surface area contributed by atoms with E-state index in [0.29, 0.717) is 0 Å². The third-order valence-corrected chi connectivity index (χ3v) is 4.20. The zero-order valence-electron chi connectivity index (χ0n) is 11.7. The molecule has 0 heterocycles. The second-order valence-electron chi connectivity index (χ2n) is 5.18. The summed E-state index contributed by atoms with van der Waals surface area (Å²) in [7, 11) is 0. The van der Waals surface area contributed by atoms with Gasteiger partial charge in [-0.1, -0.05) is 40.2 Å². The molecule has 19 heavy (non-hydrogen) atoms.